The van der Waals surface area contributed by atoms with Gasteiger partial charge >= 0.3 is 0 Å². The number of benzene rings is 1. The minimum Gasteiger partial charge on any atom is -0.367 e. The Labute approximate surface area is 119 Å². The number of rotatable bonds is 4. The van der Waals surface area contributed by atoms with Crippen LogP contribution >= 0.6 is 0 Å². The zero-order valence-corrected chi connectivity index (χ0v) is 11.5. The van der Waals surface area contributed by atoms with E-state index in [1.165, 1.54) is 11.1 Å². The topological polar surface area (TPSA) is 37.3 Å². The van der Waals surface area contributed by atoms with E-state index in [4.69, 9.17) is 0 Å². The largest absolute Gasteiger partial charge is 0.367 e. The van der Waals surface area contributed by atoms with Gasteiger partial charge in [0.1, 0.15) is 0 Å². The second-order valence-electron chi connectivity index (χ2n) is 5.10. The monoisotopic (exact) mass is 265 g/mol. The minimum atomic E-state index is 0.261. The molecular formula is C17H19N3. The van der Waals surface area contributed by atoms with Crippen molar-refractivity contribution in [1.82, 2.24) is 10.3 Å². The lowest BCUT2D eigenvalue weighted by molar-refractivity contribution is 0.637. The van der Waals surface area contributed by atoms with Crippen LogP contribution < -0.4 is 5.32 Å². The van der Waals surface area contributed by atoms with E-state index in [9.17, 15) is 0 Å². The average Bonchev–Trinajstić information content (AvgIpc) is 3.02. The van der Waals surface area contributed by atoms with E-state index in [-0.39, 0.29) is 6.04 Å². The smallest absolute Gasteiger partial charge is 0.0968 e. The SMILES string of the molecule is c1ccc(C(Cc2cccnc2)NC2=NCCC2)cc1. The summed E-state index contributed by atoms with van der Waals surface area (Å²) in [5.41, 5.74) is 2.54. The molecule has 0 radical (unpaired) electrons. The Bertz CT molecular complexity index is 563. The average molecular weight is 265 g/mol. The lowest BCUT2D eigenvalue weighted by Gasteiger charge is -2.20. The van der Waals surface area contributed by atoms with Crippen LogP contribution in [0.1, 0.15) is 30.0 Å². The summed E-state index contributed by atoms with van der Waals surface area (Å²) in [6.07, 6.45) is 6.91. The maximum atomic E-state index is 4.53. The van der Waals surface area contributed by atoms with Crippen molar-refractivity contribution in [3.8, 4) is 0 Å². The molecule has 0 saturated carbocycles. The molecule has 1 N–H and O–H groups in total. The molecule has 0 aliphatic carbocycles. The van der Waals surface area contributed by atoms with Crippen LogP contribution in [-0.4, -0.2) is 17.4 Å². The number of nitrogens with one attached hydrogen (secondary N) is 1. The molecule has 20 heavy (non-hydrogen) atoms. The van der Waals surface area contributed by atoms with Crippen molar-refractivity contribution in [3.05, 3.63) is 66.0 Å². The molecule has 1 aliphatic heterocycles. The van der Waals surface area contributed by atoms with Gasteiger partial charge in [-0.05, 0) is 30.0 Å². The highest BCUT2D eigenvalue weighted by Gasteiger charge is 2.15. The Kier molecular flexibility index (Phi) is 4.07. The Morgan fingerprint density at radius 2 is 2.00 bits per heavy atom. The van der Waals surface area contributed by atoms with Crippen molar-refractivity contribution >= 4 is 5.84 Å². The molecule has 2 heterocycles. The second kappa shape index (κ2) is 6.33. The van der Waals surface area contributed by atoms with Gasteiger partial charge < -0.3 is 5.32 Å². The van der Waals surface area contributed by atoms with Crippen LogP contribution in [0.4, 0.5) is 0 Å². The highest BCUT2D eigenvalue weighted by Crippen LogP contribution is 2.19. The standard InChI is InChI=1S/C17H19N3/c1-2-7-15(8-3-1)16(20-17-9-5-11-19-17)12-14-6-4-10-18-13-14/h1-4,6-8,10,13,16H,5,9,11-12H2,(H,19,20). The van der Waals surface area contributed by atoms with Crippen LogP contribution in [-0.2, 0) is 6.42 Å². The zero-order valence-electron chi connectivity index (χ0n) is 11.5. The lowest BCUT2D eigenvalue weighted by Crippen LogP contribution is -2.28. The van der Waals surface area contributed by atoms with Crippen LogP contribution in [0.3, 0.4) is 0 Å². The number of nitrogens with zero attached hydrogens (tertiary/aromatic N) is 2. The molecule has 2 aromatic rings. The summed E-state index contributed by atoms with van der Waals surface area (Å²) < 4.78 is 0. The molecule has 0 saturated heterocycles. The molecule has 3 rings (SSSR count). The molecule has 1 aromatic carbocycles. The van der Waals surface area contributed by atoms with E-state index in [1.54, 1.807) is 0 Å². The predicted molar refractivity (Wildman–Crippen MR) is 81.8 cm³/mol. The van der Waals surface area contributed by atoms with Crippen molar-refractivity contribution in [2.45, 2.75) is 25.3 Å². The summed E-state index contributed by atoms with van der Waals surface area (Å²) in [4.78, 5) is 8.74. The summed E-state index contributed by atoms with van der Waals surface area (Å²) in [6.45, 7) is 0.955. The van der Waals surface area contributed by atoms with Gasteiger partial charge in [0.25, 0.3) is 0 Å². The second-order valence-corrected chi connectivity index (χ2v) is 5.10. The Balaban J connectivity index is 1.79. The first-order valence-corrected chi connectivity index (χ1v) is 7.15. The van der Waals surface area contributed by atoms with Crippen molar-refractivity contribution < 1.29 is 0 Å². The van der Waals surface area contributed by atoms with E-state index in [0.717, 1.165) is 31.6 Å². The predicted octanol–water partition coefficient (Wildman–Crippen LogP) is 3.15. The van der Waals surface area contributed by atoms with Crippen LogP contribution in [0.25, 0.3) is 0 Å². The molecule has 102 valence electrons. The maximum Gasteiger partial charge on any atom is 0.0968 e. The van der Waals surface area contributed by atoms with Gasteiger partial charge in [0.05, 0.1) is 11.9 Å². The number of aromatic nitrogens is 1. The van der Waals surface area contributed by atoms with Crippen molar-refractivity contribution in [2.75, 3.05) is 6.54 Å². The normalized spacial score (nSPS) is 15.7. The third kappa shape index (κ3) is 3.23. The van der Waals surface area contributed by atoms with Crippen molar-refractivity contribution in [1.29, 1.82) is 0 Å². The Hall–Kier alpha value is -2.16. The molecular weight excluding hydrogens is 246 g/mol. The van der Waals surface area contributed by atoms with E-state index in [1.807, 2.05) is 18.5 Å². The van der Waals surface area contributed by atoms with Gasteiger partial charge in [-0.1, -0.05) is 36.4 Å². The van der Waals surface area contributed by atoms with E-state index >= 15 is 0 Å². The summed E-state index contributed by atoms with van der Waals surface area (Å²) >= 11 is 0. The fourth-order valence-electron chi connectivity index (χ4n) is 2.55. The first-order chi connectivity index (χ1) is 9.92. The number of hydrogen-bond donors (Lipinski definition) is 1. The molecule has 3 heteroatoms. The Morgan fingerprint density at radius 1 is 1.10 bits per heavy atom. The Morgan fingerprint density at radius 3 is 2.70 bits per heavy atom. The van der Waals surface area contributed by atoms with Crippen LogP contribution in [0.5, 0.6) is 0 Å². The lowest BCUT2D eigenvalue weighted by atomic mass is 9.99. The number of hydrogen-bond acceptors (Lipinski definition) is 3. The summed E-state index contributed by atoms with van der Waals surface area (Å²) in [5, 5.41) is 3.60. The number of amidine groups is 1. The van der Waals surface area contributed by atoms with Crippen LogP contribution in [0, 0.1) is 0 Å². The third-order valence-electron chi connectivity index (χ3n) is 3.58. The molecule has 1 aliphatic rings. The zero-order chi connectivity index (χ0) is 13.6. The molecule has 3 nitrogen and oxygen atoms in total. The van der Waals surface area contributed by atoms with Gasteiger partial charge in [0, 0.05) is 25.4 Å². The van der Waals surface area contributed by atoms with Crippen LogP contribution in [0.15, 0.2) is 59.9 Å². The maximum absolute atomic E-state index is 4.53. The fourth-order valence-corrected chi connectivity index (χ4v) is 2.55. The van der Waals surface area contributed by atoms with E-state index in [2.05, 4.69) is 51.7 Å². The van der Waals surface area contributed by atoms with E-state index in [0.29, 0.717) is 0 Å². The first kappa shape index (κ1) is 12.9. The van der Waals surface area contributed by atoms with Gasteiger partial charge in [-0.25, -0.2) is 0 Å². The van der Waals surface area contributed by atoms with Gasteiger partial charge in [0.2, 0.25) is 0 Å². The summed E-state index contributed by atoms with van der Waals surface area (Å²) in [5.74, 6) is 1.14. The molecule has 1 unspecified atom stereocenters. The molecule has 0 spiro atoms. The fraction of sp³-hybridized carbons (Fsp3) is 0.294. The van der Waals surface area contributed by atoms with Gasteiger partial charge in [-0.3, -0.25) is 9.98 Å². The molecule has 0 amide bonds. The number of pyridine rings is 1. The molecule has 0 fully saturated rings. The number of aliphatic imine (C=N–C) groups is 1. The summed E-state index contributed by atoms with van der Waals surface area (Å²) in [6, 6.07) is 14.9. The molecule has 0 bridgehead atoms. The quantitative estimate of drug-likeness (QED) is 0.922. The first-order valence-electron chi connectivity index (χ1n) is 7.15. The van der Waals surface area contributed by atoms with Gasteiger partial charge in [-0.2, -0.15) is 0 Å². The van der Waals surface area contributed by atoms with Gasteiger partial charge in [-0.15, -0.1) is 0 Å². The highest BCUT2D eigenvalue weighted by molar-refractivity contribution is 5.83. The van der Waals surface area contributed by atoms with Gasteiger partial charge in [0.15, 0.2) is 0 Å². The molecule has 1 atom stereocenters. The summed E-state index contributed by atoms with van der Waals surface area (Å²) in [7, 11) is 0. The highest BCUT2D eigenvalue weighted by atomic mass is 15.0. The van der Waals surface area contributed by atoms with Crippen molar-refractivity contribution in [2.24, 2.45) is 4.99 Å². The van der Waals surface area contributed by atoms with E-state index < -0.39 is 0 Å². The third-order valence-corrected chi connectivity index (χ3v) is 3.58. The van der Waals surface area contributed by atoms with Crippen molar-refractivity contribution in [3.63, 3.8) is 0 Å². The minimum absolute atomic E-state index is 0.261. The molecule has 1 aromatic heterocycles. The van der Waals surface area contributed by atoms with Crippen LogP contribution in [0.2, 0.25) is 0 Å².